The molecule has 7 heteroatoms. The molecule has 0 unspecified atom stereocenters. The number of hydrogen-bond donors (Lipinski definition) is 3. The lowest BCUT2D eigenvalue weighted by molar-refractivity contribution is -0.142. The quantitative estimate of drug-likeness (QED) is 0.307. The lowest BCUT2D eigenvalue weighted by atomic mass is 9.90. The Labute approximate surface area is 186 Å². The number of urea groups is 1. The Morgan fingerprint density at radius 2 is 1.68 bits per heavy atom. The molecule has 174 valence electrons. The molecule has 31 heavy (non-hydrogen) atoms. The summed E-state index contributed by atoms with van der Waals surface area (Å²) in [4.78, 5) is 34.7. The van der Waals surface area contributed by atoms with Crippen LogP contribution in [-0.4, -0.2) is 30.5 Å². The average Bonchev–Trinajstić information content (AvgIpc) is 2.71. The zero-order valence-corrected chi connectivity index (χ0v) is 19.4. The third-order valence-corrected chi connectivity index (χ3v) is 5.36. The number of carbonyl (C=O) groups is 3. The molecule has 1 aromatic carbocycles. The highest BCUT2D eigenvalue weighted by atomic mass is 16.5. The largest absolute Gasteiger partial charge is 0.461 e. The van der Waals surface area contributed by atoms with E-state index in [1.165, 1.54) is 6.92 Å². The van der Waals surface area contributed by atoms with Crippen molar-refractivity contribution >= 4 is 17.9 Å². The van der Waals surface area contributed by atoms with Gasteiger partial charge in [-0.1, -0.05) is 51.5 Å². The number of rotatable bonds is 14. The second-order valence-electron chi connectivity index (χ2n) is 8.41. The molecule has 3 amide bonds. The van der Waals surface area contributed by atoms with Crippen LogP contribution in [0.5, 0.6) is 0 Å². The van der Waals surface area contributed by atoms with Crippen molar-refractivity contribution in [3.05, 3.63) is 35.4 Å². The number of hydrogen-bond acceptors (Lipinski definition) is 4. The fraction of sp³-hybridized carbons (Fsp3) is 0.625. The van der Waals surface area contributed by atoms with E-state index in [4.69, 9.17) is 10.5 Å². The third-order valence-electron chi connectivity index (χ3n) is 5.36. The average molecular weight is 434 g/mol. The highest BCUT2D eigenvalue weighted by molar-refractivity contribution is 5.79. The molecular weight excluding hydrogens is 394 g/mol. The number of carbonyl (C=O) groups excluding carboxylic acids is 3. The molecule has 0 aliphatic heterocycles. The van der Waals surface area contributed by atoms with Gasteiger partial charge in [-0.25, -0.2) is 4.79 Å². The molecule has 7 nitrogen and oxygen atoms in total. The Hall–Kier alpha value is -2.57. The monoisotopic (exact) mass is 433 g/mol. The molecule has 0 aliphatic carbocycles. The Bertz CT molecular complexity index is 689. The Balaban J connectivity index is 2.68. The summed E-state index contributed by atoms with van der Waals surface area (Å²) in [5.74, 6) is 0.122. The predicted octanol–water partition coefficient (Wildman–Crippen LogP) is 3.69. The van der Waals surface area contributed by atoms with Crippen molar-refractivity contribution in [2.45, 2.75) is 78.9 Å². The van der Waals surface area contributed by atoms with E-state index in [0.29, 0.717) is 12.5 Å². The Kier molecular flexibility index (Phi) is 12.3. The first-order chi connectivity index (χ1) is 14.7. The fourth-order valence-corrected chi connectivity index (χ4v) is 3.56. The molecule has 0 saturated heterocycles. The molecule has 2 atom stereocenters. The van der Waals surface area contributed by atoms with Gasteiger partial charge >= 0.3 is 12.0 Å². The topological polar surface area (TPSA) is 111 Å². The van der Waals surface area contributed by atoms with Crippen LogP contribution in [0.3, 0.4) is 0 Å². The van der Waals surface area contributed by atoms with E-state index in [-0.39, 0.29) is 30.4 Å². The maximum absolute atomic E-state index is 12.9. The second kappa shape index (κ2) is 14.4. The van der Waals surface area contributed by atoms with E-state index in [1.54, 1.807) is 0 Å². The number of primary amides is 1. The zero-order valence-electron chi connectivity index (χ0n) is 19.4. The van der Waals surface area contributed by atoms with Gasteiger partial charge in [-0.05, 0) is 49.1 Å². The number of nitrogens with one attached hydrogen (secondary N) is 2. The van der Waals surface area contributed by atoms with Crippen LogP contribution >= 0.6 is 0 Å². The van der Waals surface area contributed by atoms with E-state index >= 15 is 0 Å². The van der Waals surface area contributed by atoms with E-state index in [1.807, 2.05) is 24.3 Å². The maximum Gasteiger partial charge on any atom is 0.312 e. The summed E-state index contributed by atoms with van der Waals surface area (Å²) in [6.07, 6.45) is 5.00. The van der Waals surface area contributed by atoms with Gasteiger partial charge in [0.05, 0.1) is 0 Å². The summed E-state index contributed by atoms with van der Waals surface area (Å²) in [6, 6.07) is 7.47. The van der Waals surface area contributed by atoms with Gasteiger partial charge in [-0.2, -0.15) is 0 Å². The summed E-state index contributed by atoms with van der Waals surface area (Å²) in [7, 11) is 0. The molecule has 0 bridgehead atoms. The van der Waals surface area contributed by atoms with Crippen LogP contribution in [0.2, 0.25) is 0 Å². The lowest BCUT2D eigenvalue weighted by Gasteiger charge is -2.25. The highest BCUT2D eigenvalue weighted by Crippen LogP contribution is 2.19. The van der Waals surface area contributed by atoms with Gasteiger partial charge in [-0.15, -0.1) is 0 Å². The molecule has 0 radical (unpaired) electrons. The first kappa shape index (κ1) is 26.5. The molecule has 1 aromatic rings. The third kappa shape index (κ3) is 11.4. The van der Waals surface area contributed by atoms with Gasteiger partial charge in [-0.3, -0.25) is 9.59 Å². The number of nitrogens with two attached hydrogens (primary N) is 1. The highest BCUT2D eigenvalue weighted by Gasteiger charge is 2.23. The SMILES string of the molecule is CCC[C@@H](C(=O)N[C@H](CCCNC(N)=O)CCc1ccc(COC(C)=O)cc1)C(C)C. The number of amides is 3. The zero-order chi connectivity index (χ0) is 23.2. The van der Waals surface area contributed by atoms with Crippen molar-refractivity contribution in [1.82, 2.24) is 10.6 Å². The molecule has 0 aliphatic rings. The normalized spacial score (nSPS) is 12.8. The molecule has 0 heterocycles. The standard InChI is InChI=1S/C24H39N3O4/c1-5-7-22(17(2)3)23(29)27-21(8-6-15-26-24(25)30)14-13-19-9-11-20(12-10-19)16-31-18(4)28/h9-12,17,21-22H,5-8,13-16H2,1-4H3,(H,27,29)(H3,25,26,30)/t21-,22-/m1/s1. The van der Waals surface area contributed by atoms with Gasteiger partial charge in [0, 0.05) is 25.4 Å². The van der Waals surface area contributed by atoms with E-state index in [0.717, 1.165) is 49.7 Å². The van der Waals surface area contributed by atoms with Crippen molar-refractivity contribution in [3.8, 4) is 0 Å². The molecule has 0 aromatic heterocycles. The molecule has 0 saturated carbocycles. The lowest BCUT2D eigenvalue weighted by Crippen LogP contribution is -2.41. The minimum atomic E-state index is -0.530. The maximum atomic E-state index is 12.9. The van der Waals surface area contributed by atoms with Gasteiger partial charge in [0.2, 0.25) is 5.91 Å². The van der Waals surface area contributed by atoms with Crippen LogP contribution in [0.1, 0.15) is 70.9 Å². The number of aryl methyl sites for hydroxylation is 1. The minimum absolute atomic E-state index is 0.0109. The van der Waals surface area contributed by atoms with Crippen LogP contribution in [0.15, 0.2) is 24.3 Å². The van der Waals surface area contributed by atoms with Crippen LogP contribution in [0.25, 0.3) is 0 Å². The fourth-order valence-electron chi connectivity index (χ4n) is 3.56. The van der Waals surface area contributed by atoms with Crippen LogP contribution in [-0.2, 0) is 27.4 Å². The minimum Gasteiger partial charge on any atom is -0.461 e. The van der Waals surface area contributed by atoms with Crippen molar-refractivity contribution in [3.63, 3.8) is 0 Å². The number of esters is 1. The molecule has 4 N–H and O–H groups in total. The number of benzene rings is 1. The van der Waals surface area contributed by atoms with E-state index in [9.17, 15) is 14.4 Å². The van der Waals surface area contributed by atoms with E-state index < -0.39 is 6.03 Å². The summed E-state index contributed by atoms with van der Waals surface area (Å²) in [5, 5.41) is 5.85. The smallest absolute Gasteiger partial charge is 0.312 e. The number of ether oxygens (including phenoxy) is 1. The van der Waals surface area contributed by atoms with Gasteiger partial charge in [0.15, 0.2) is 0 Å². The summed E-state index contributed by atoms with van der Waals surface area (Å²) < 4.78 is 5.02. The first-order valence-electron chi connectivity index (χ1n) is 11.3. The van der Waals surface area contributed by atoms with Gasteiger partial charge in [0.25, 0.3) is 0 Å². The van der Waals surface area contributed by atoms with Crippen molar-refractivity contribution in [2.24, 2.45) is 17.6 Å². The van der Waals surface area contributed by atoms with Gasteiger partial charge < -0.3 is 21.1 Å². The van der Waals surface area contributed by atoms with Crippen LogP contribution in [0.4, 0.5) is 4.79 Å². The predicted molar refractivity (Wildman–Crippen MR) is 122 cm³/mol. The summed E-state index contributed by atoms with van der Waals surface area (Å²) >= 11 is 0. The van der Waals surface area contributed by atoms with Gasteiger partial charge in [0.1, 0.15) is 6.61 Å². The van der Waals surface area contributed by atoms with E-state index in [2.05, 4.69) is 31.4 Å². The second-order valence-corrected chi connectivity index (χ2v) is 8.41. The first-order valence-corrected chi connectivity index (χ1v) is 11.3. The van der Waals surface area contributed by atoms with Crippen LogP contribution < -0.4 is 16.4 Å². The van der Waals surface area contributed by atoms with Crippen molar-refractivity contribution in [2.75, 3.05) is 6.54 Å². The summed E-state index contributed by atoms with van der Waals surface area (Å²) in [6.45, 7) is 8.43. The molecule has 0 spiro atoms. The summed E-state index contributed by atoms with van der Waals surface area (Å²) in [5.41, 5.74) is 7.24. The molecular formula is C24H39N3O4. The van der Waals surface area contributed by atoms with Crippen molar-refractivity contribution in [1.29, 1.82) is 0 Å². The molecule has 0 fully saturated rings. The Morgan fingerprint density at radius 3 is 2.23 bits per heavy atom. The Morgan fingerprint density at radius 1 is 1.03 bits per heavy atom. The van der Waals surface area contributed by atoms with Crippen LogP contribution in [0, 0.1) is 11.8 Å². The van der Waals surface area contributed by atoms with Crippen molar-refractivity contribution < 1.29 is 19.1 Å². The molecule has 1 rings (SSSR count).